The standard InChI is InChI=1S/C32H30ClF5N4O/c33-26-15-23(32(36,37)38)17-39-30(26)29(20-2-1-3-20)28(22-6-9-27-25(14-22)31(35)41-40-27)21-4-7-24(8-5-21)43-13-12-42-11-10-19(16-34)18-42/h4-9,14-15,17,19-20H,1-3,10-13,16,18H2,(H,40,41)/b29-28+. The number of hydrogen-bond acceptors (Lipinski definition) is 4. The molecule has 1 aliphatic carbocycles. The number of nitrogens with one attached hydrogen (secondary N) is 1. The zero-order valence-electron chi connectivity index (χ0n) is 23.2. The van der Waals surface area contributed by atoms with E-state index in [2.05, 4.69) is 20.1 Å². The Hall–Kier alpha value is -3.50. The minimum Gasteiger partial charge on any atom is -0.492 e. The summed E-state index contributed by atoms with van der Waals surface area (Å²) in [6.07, 6.45) is -0.311. The van der Waals surface area contributed by atoms with Crippen molar-refractivity contribution in [2.24, 2.45) is 11.8 Å². The molecule has 1 N–H and O–H groups in total. The fraction of sp³-hybridized carbons (Fsp3) is 0.375. The largest absolute Gasteiger partial charge is 0.492 e. The first-order chi connectivity index (χ1) is 20.7. The number of aromatic amines is 1. The summed E-state index contributed by atoms with van der Waals surface area (Å²) in [5, 5.41) is 6.55. The summed E-state index contributed by atoms with van der Waals surface area (Å²) in [4.78, 5) is 6.43. The van der Waals surface area contributed by atoms with Gasteiger partial charge in [0.05, 0.1) is 33.9 Å². The van der Waals surface area contributed by atoms with Gasteiger partial charge in [0.15, 0.2) is 0 Å². The summed E-state index contributed by atoms with van der Waals surface area (Å²) in [5.41, 5.74) is 2.67. The maximum Gasteiger partial charge on any atom is 0.417 e. The van der Waals surface area contributed by atoms with E-state index in [0.717, 1.165) is 62.2 Å². The molecule has 1 saturated heterocycles. The van der Waals surface area contributed by atoms with Crippen molar-refractivity contribution in [2.75, 3.05) is 32.9 Å². The van der Waals surface area contributed by atoms with Gasteiger partial charge in [-0.25, -0.2) is 0 Å². The molecule has 226 valence electrons. The molecule has 2 aliphatic rings. The van der Waals surface area contributed by atoms with Crippen LogP contribution in [0.4, 0.5) is 22.0 Å². The molecular weight excluding hydrogens is 587 g/mol. The van der Waals surface area contributed by atoms with E-state index in [4.69, 9.17) is 16.3 Å². The Balaban J connectivity index is 1.39. The smallest absolute Gasteiger partial charge is 0.417 e. The minimum absolute atomic E-state index is 0.00571. The second kappa shape index (κ2) is 12.2. The Labute approximate surface area is 250 Å². The highest BCUT2D eigenvalue weighted by Crippen LogP contribution is 2.47. The molecule has 43 heavy (non-hydrogen) atoms. The lowest BCUT2D eigenvalue weighted by atomic mass is 9.74. The molecule has 1 saturated carbocycles. The highest BCUT2D eigenvalue weighted by atomic mass is 35.5. The quantitative estimate of drug-likeness (QED) is 0.193. The van der Waals surface area contributed by atoms with Gasteiger partial charge in [0.2, 0.25) is 5.95 Å². The van der Waals surface area contributed by atoms with Crippen molar-refractivity contribution in [1.82, 2.24) is 20.1 Å². The van der Waals surface area contributed by atoms with E-state index >= 15 is 0 Å². The second-order valence-corrected chi connectivity index (χ2v) is 11.6. The third-order valence-electron chi connectivity index (χ3n) is 8.41. The van der Waals surface area contributed by atoms with E-state index in [1.165, 1.54) is 0 Å². The van der Waals surface area contributed by atoms with Crippen LogP contribution >= 0.6 is 11.6 Å². The van der Waals surface area contributed by atoms with Gasteiger partial charge in [-0.3, -0.25) is 19.4 Å². The number of rotatable bonds is 9. The predicted octanol–water partition coefficient (Wildman–Crippen LogP) is 8.20. The average molecular weight is 617 g/mol. The number of H-pyrrole nitrogens is 1. The Bertz CT molecular complexity index is 1630. The first-order valence-corrected chi connectivity index (χ1v) is 14.7. The van der Waals surface area contributed by atoms with Crippen LogP contribution in [0.3, 0.4) is 0 Å². The molecule has 2 fully saturated rings. The maximum absolute atomic E-state index is 14.6. The Kier molecular flexibility index (Phi) is 8.42. The fourth-order valence-corrected chi connectivity index (χ4v) is 6.14. The predicted molar refractivity (Wildman–Crippen MR) is 156 cm³/mol. The molecule has 0 radical (unpaired) electrons. The fourth-order valence-electron chi connectivity index (χ4n) is 5.87. The van der Waals surface area contributed by atoms with Crippen molar-refractivity contribution in [1.29, 1.82) is 0 Å². The molecule has 0 amide bonds. The van der Waals surface area contributed by atoms with Crippen LogP contribution in [0.5, 0.6) is 5.75 Å². The van der Waals surface area contributed by atoms with Crippen LogP contribution in [0, 0.1) is 17.8 Å². The SMILES string of the molecule is FCC1CCN(CCOc2ccc(/C(=C(\c3ncc(C(F)(F)F)cc3Cl)C3CCC3)c3ccc4n[nH]c(F)c4c3)cc2)C1. The van der Waals surface area contributed by atoms with Gasteiger partial charge in [-0.1, -0.05) is 36.2 Å². The van der Waals surface area contributed by atoms with Gasteiger partial charge >= 0.3 is 6.18 Å². The Morgan fingerprint density at radius 1 is 1.05 bits per heavy atom. The first-order valence-electron chi connectivity index (χ1n) is 14.3. The van der Waals surface area contributed by atoms with Crippen LogP contribution in [-0.4, -0.2) is 53.0 Å². The van der Waals surface area contributed by atoms with Crippen LogP contribution in [0.1, 0.15) is 48.1 Å². The van der Waals surface area contributed by atoms with Gasteiger partial charge in [-0.15, -0.1) is 0 Å². The van der Waals surface area contributed by atoms with E-state index in [1.807, 2.05) is 30.3 Å². The molecule has 4 aromatic rings. The van der Waals surface area contributed by atoms with E-state index in [-0.39, 0.29) is 29.2 Å². The number of pyridine rings is 1. The number of likely N-dealkylation sites (tertiary alicyclic amines) is 1. The number of nitrogens with zero attached hydrogens (tertiary/aromatic N) is 3. The first kappa shape index (κ1) is 29.6. The zero-order valence-corrected chi connectivity index (χ0v) is 24.0. The highest BCUT2D eigenvalue weighted by Gasteiger charge is 2.34. The number of alkyl halides is 4. The summed E-state index contributed by atoms with van der Waals surface area (Å²) < 4.78 is 73.8. The van der Waals surface area contributed by atoms with Crippen molar-refractivity contribution in [2.45, 2.75) is 31.9 Å². The van der Waals surface area contributed by atoms with Gasteiger partial charge < -0.3 is 4.74 Å². The maximum atomic E-state index is 14.6. The van der Waals surface area contributed by atoms with Crippen molar-refractivity contribution < 1.29 is 26.7 Å². The lowest BCUT2D eigenvalue weighted by molar-refractivity contribution is -0.137. The molecule has 2 aromatic heterocycles. The number of allylic oxidation sites excluding steroid dienone is 1. The molecule has 3 heterocycles. The minimum atomic E-state index is -4.58. The number of fused-ring (bicyclic) bond motifs is 1. The van der Waals surface area contributed by atoms with Crippen molar-refractivity contribution in [3.05, 3.63) is 88.1 Å². The lowest BCUT2D eigenvalue weighted by Gasteiger charge is -2.31. The van der Waals surface area contributed by atoms with Gasteiger partial charge in [-0.05, 0) is 84.3 Å². The number of hydrogen-bond donors (Lipinski definition) is 1. The third-order valence-corrected chi connectivity index (χ3v) is 8.70. The van der Waals surface area contributed by atoms with Crippen LogP contribution < -0.4 is 4.74 Å². The topological polar surface area (TPSA) is 54.0 Å². The lowest BCUT2D eigenvalue weighted by Crippen LogP contribution is -2.26. The second-order valence-electron chi connectivity index (χ2n) is 11.2. The Morgan fingerprint density at radius 2 is 1.81 bits per heavy atom. The summed E-state index contributed by atoms with van der Waals surface area (Å²) in [7, 11) is 0. The summed E-state index contributed by atoms with van der Waals surface area (Å²) >= 11 is 6.52. The number of halogens is 6. The molecule has 2 aromatic carbocycles. The number of benzene rings is 2. The summed E-state index contributed by atoms with van der Waals surface area (Å²) in [5.74, 6) is 0.172. The molecule has 1 atom stereocenters. The molecule has 11 heteroatoms. The van der Waals surface area contributed by atoms with Crippen LogP contribution in [0.2, 0.25) is 5.02 Å². The molecule has 5 nitrogen and oxygen atoms in total. The van der Waals surface area contributed by atoms with Gasteiger partial charge in [0.1, 0.15) is 12.4 Å². The van der Waals surface area contributed by atoms with E-state index in [0.29, 0.717) is 40.9 Å². The monoisotopic (exact) mass is 616 g/mol. The van der Waals surface area contributed by atoms with Crippen LogP contribution in [-0.2, 0) is 6.18 Å². The van der Waals surface area contributed by atoms with Crippen molar-refractivity contribution in [3.63, 3.8) is 0 Å². The molecule has 0 spiro atoms. The van der Waals surface area contributed by atoms with Gasteiger partial charge in [0, 0.05) is 25.2 Å². The highest BCUT2D eigenvalue weighted by molar-refractivity contribution is 6.32. The normalized spacial score (nSPS) is 18.6. The van der Waals surface area contributed by atoms with Gasteiger partial charge in [-0.2, -0.15) is 22.7 Å². The molecule has 6 rings (SSSR count). The third kappa shape index (κ3) is 6.26. The van der Waals surface area contributed by atoms with Crippen LogP contribution in [0.25, 0.3) is 22.0 Å². The number of ether oxygens (including phenoxy) is 1. The van der Waals surface area contributed by atoms with Gasteiger partial charge in [0.25, 0.3) is 0 Å². The average Bonchev–Trinajstić information content (AvgIpc) is 3.58. The van der Waals surface area contributed by atoms with Crippen LogP contribution in [0.15, 0.2) is 54.7 Å². The molecular formula is C32H30ClF5N4O. The summed E-state index contributed by atoms with van der Waals surface area (Å²) in [6, 6.07) is 13.5. The van der Waals surface area contributed by atoms with E-state index in [1.54, 1.807) is 12.1 Å². The van der Waals surface area contributed by atoms with E-state index < -0.39 is 17.7 Å². The molecule has 0 bridgehead atoms. The zero-order chi connectivity index (χ0) is 30.1. The molecule has 1 unspecified atom stereocenters. The summed E-state index contributed by atoms with van der Waals surface area (Å²) in [6.45, 7) is 2.44. The van der Waals surface area contributed by atoms with Crippen molar-refractivity contribution in [3.8, 4) is 5.75 Å². The molecule has 1 aliphatic heterocycles. The van der Waals surface area contributed by atoms with Crippen molar-refractivity contribution >= 4 is 33.7 Å². The van der Waals surface area contributed by atoms with E-state index in [9.17, 15) is 22.0 Å². The number of aromatic nitrogens is 3. The Morgan fingerprint density at radius 3 is 2.47 bits per heavy atom.